The van der Waals surface area contributed by atoms with Gasteiger partial charge >= 0.3 is 5.97 Å². The first-order valence-electron chi connectivity index (χ1n) is 5.45. The summed E-state index contributed by atoms with van der Waals surface area (Å²) in [4.78, 5) is 20.3. The van der Waals surface area contributed by atoms with E-state index in [4.69, 9.17) is 0 Å². The molecule has 0 saturated carbocycles. The molecule has 0 amide bonds. The third kappa shape index (κ3) is 2.77. The summed E-state index contributed by atoms with van der Waals surface area (Å²) in [6.07, 6.45) is 1.05. The molecule has 18 heavy (non-hydrogen) atoms. The van der Waals surface area contributed by atoms with Crippen LogP contribution in [0.1, 0.15) is 10.4 Å². The van der Waals surface area contributed by atoms with E-state index in [2.05, 4.69) is 16.4 Å². The Kier molecular flexibility index (Phi) is 3.76. The van der Waals surface area contributed by atoms with Crippen LogP contribution in [0.2, 0.25) is 0 Å². The van der Waals surface area contributed by atoms with Gasteiger partial charge in [0.25, 0.3) is 0 Å². The minimum Gasteiger partial charge on any atom is -0.295 e. The molecular formula is C15H12O3. The van der Waals surface area contributed by atoms with Crippen molar-refractivity contribution >= 4 is 5.97 Å². The minimum absolute atomic E-state index is 0.427. The molecule has 2 aromatic carbocycles. The van der Waals surface area contributed by atoms with Crippen LogP contribution in [0.25, 0.3) is 11.1 Å². The number of benzene rings is 2. The highest BCUT2D eigenvalue weighted by molar-refractivity contribution is 5.89. The Morgan fingerprint density at radius 3 is 2.17 bits per heavy atom. The van der Waals surface area contributed by atoms with Crippen LogP contribution in [0.4, 0.5) is 0 Å². The molecule has 0 atom stereocenters. The van der Waals surface area contributed by atoms with Gasteiger partial charge in [0.15, 0.2) is 0 Å². The molecule has 0 bridgehead atoms. The number of carbonyl (C=O) groups excluding carboxylic acids is 1. The summed E-state index contributed by atoms with van der Waals surface area (Å²) in [7, 11) is 0. The lowest BCUT2D eigenvalue weighted by molar-refractivity contribution is -0.190. The molecule has 0 aromatic heterocycles. The van der Waals surface area contributed by atoms with Crippen LogP contribution < -0.4 is 0 Å². The van der Waals surface area contributed by atoms with Gasteiger partial charge in [0.1, 0.15) is 6.26 Å². The molecule has 0 N–H and O–H groups in total. The van der Waals surface area contributed by atoms with Crippen LogP contribution in [0, 0.1) is 0 Å². The SMILES string of the molecule is C=COOC(=O)c1ccc(-c2ccccc2)cc1. The van der Waals surface area contributed by atoms with Crippen molar-refractivity contribution in [2.24, 2.45) is 0 Å². The molecular weight excluding hydrogens is 228 g/mol. The average Bonchev–Trinajstić information content (AvgIpc) is 2.46. The highest BCUT2D eigenvalue weighted by Crippen LogP contribution is 2.19. The molecule has 2 aromatic rings. The van der Waals surface area contributed by atoms with Crippen LogP contribution in [0.5, 0.6) is 0 Å². The van der Waals surface area contributed by atoms with Gasteiger partial charge in [0, 0.05) is 0 Å². The summed E-state index contributed by atoms with van der Waals surface area (Å²) < 4.78 is 0. The first-order valence-corrected chi connectivity index (χ1v) is 5.45. The fraction of sp³-hybridized carbons (Fsp3) is 0. The topological polar surface area (TPSA) is 35.5 Å². The summed E-state index contributed by atoms with van der Waals surface area (Å²) in [5, 5.41) is 0. The Labute approximate surface area is 105 Å². The Bertz CT molecular complexity index is 529. The highest BCUT2D eigenvalue weighted by Gasteiger charge is 2.08. The van der Waals surface area contributed by atoms with Gasteiger partial charge in [-0.1, -0.05) is 49.0 Å². The van der Waals surface area contributed by atoms with Crippen molar-refractivity contribution < 1.29 is 14.6 Å². The highest BCUT2D eigenvalue weighted by atomic mass is 17.2. The molecule has 3 heteroatoms. The molecule has 90 valence electrons. The molecule has 0 aliphatic heterocycles. The van der Waals surface area contributed by atoms with Gasteiger partial charge in [-0.3, -0.25) is 4.89 Å². The molecule has 3 nitrogen and oxygen atoms in total. The summed E-state index contributed by atoms with van der Waals surface area (Å²) in [6.45, 7) is 3.28. The normalized spacial score (nSPS) is 9.56. The fourth-order valence-electron chi connectivity index (χ4n) is 1.56. The van der Waals surface area contributed by atoms with Crippen molar-refractivity contribution in [2.75, 3.05) is 0 Å². The van der Waals surface area contributed by atoms with Crippen molar-refractivity contribution in [3.8, 4) is 11.1 Å². The standard InChI is InChI=1S/C15H12O3/c1-2-17-18-15(16)14-10-8-13(9-11-14)12-6-4-3-5-7-12/h2-11H,1H2. The van der Waals surface area contributed by atoms with Gasteiger partial charge in [-0.15, -0.1) is 0 Å². The predicted octanol–water partition coefficient (Wildman–Crippen LogP) is 3.59. The van der Waals surface area contributed by atoms with Crippen molar-refractivity contribution in [3.05, 3.63) is 73.0 Å². The van der Waals surface area contributed by atoms with E-state index < -0.39 is 5.97 Å². The van der Waals surface area contributed by atoms with Gasteiger partial charge in [-0.2, -0.15) is 0 Å². The van der Waals surface area contributed by atoms with Crippen LogP contribution in [-0.4, -0.2) is 5.97 Å². The second-order valence-corrected chi connectivity index (χ2v) is 3.58. The predicted molar refractivity (Wildman–Crippen MR) is 68.6 cm³/mol. The first-order chi connectivity index (χ1) is 8.81. The van der Waals surface area contributed by atoms with Crippen LogP contribution in [0.15, 0.2) is 67.4 Å². The van der Waals surface area contributed by atoms with Gasteiger partial charge in [-0.05, 0) is 23.3 Å². The molecule has 2 rings (SSSR count). The zero-order chi connectivity index (χ0) is 12.8. The van der Waals surface area contributed by atoms with Crippen molar-refractivity contribution in [1.29, 1.82) is 0 Å². The van der Waals surface area contributed by atoms with Gasteiger partial charge in [0.05, 0.1) is 5.56 Å². The number of rotatable bonds is 4. The lowest BCUT2D eigenvalue weighted by Crippen LogP contribution is -2.03. The molecule has 0 unspecified atom stereocenters. The Hall–Kier alpha value is -2.55. The Morgan fingerprint density at radius 2 is 1.56 bits per heavy atom. The molecule has 0 fully saturated rings. The maximum Gasteiger partial charge on any atom is 0.386 e. The Balaban J connectivity index is 2.15. The zero-order valence-corrected chi connectivity index (χ0v) is 9.71. The smallest absolute Gasteiger partial charge is 0.295 e. The van der Waals surface area contributed by atoms with Crippen LogP contribution in [-0.2, 0) is 9.78 Å². The van der Waals surface area contributed by atoms with E-state index in [1.54, 1.807) is 12.1 Å². The molecule has 0 aliphatic carbocycles. The van der Waals surface area contributed by atoms with Gasteiger partial charge in [0.2, 0.25) is 0 Å². The van der Waals surface area contributed by atoms with E-state index in [-0.39, 0.29) is 0 Å². The van der Waals surface area contributed by atoms with E-state index in [9.17, 15) is 4.79 Å². The van der Waals surface area contributed by atoms with Crippen molar-refractivity contribution in [2.45, 2.75) is 0 Å². The van der Waals surface area contributed by atoms with E-state index in [0.717, 1.165) is 17.4 Å². The second kappa shape index (κ2) is 5.68. The molecule has 0 aliphatic rings. The monoisotopic (exact) mass is 240 g/mol. The third-order valence-corrected chi connectivity index (χ3v) is 2.42. The molecule has 0 saturated heterocycles. The first kappa shape index (κ1) is 11.9. The minimum atomic E-state index is -0.547. The quantitative estimate of drug-likeness (QED) is 0.465. The van der Waals surface area contributed by atoms with E-state index in [1.165, 1.54) is 0 Å². The van der Waals surface area contributed by atoms with Gasteiger partial charge in [-0.25, -0.2) is 9.68 Å². The molecule has 0 heterocycles. The lowest BCUT2D eigenvalue weighted by atomic mass is 10.0. The van der Waals surface area contributed by atoms with E-state index in [1.807, 2.05) is 42.5 Å². The summed E-state index contributed by atoms with van der Waals surface area (Å²) in [5.41, 5.74) is 2.56. The van der Waals surface area contributed by atoms with Crippen LogP contribution in [0.3, 0.4) is 0 Å². The second-order valence-electron chi connectivity index (χ2n) is 3.58. The number of hydrogen-bond donors (Lipinski definition) is 0. The average molecular weight is 240 g/mol. The molecule has 0 spiro atoms. The largest absolute Gasteiger partial charge is 0.386 e. The van der Waals surface area contributed by atoms with Crippen molar-refractivity contribution in [3.63, 3.8) is 0 Å². The number of hydrogen-bond acceptors (Lipinski definition) is 3. The maximum absolute atomic E-state index is 11.5. The zero-order valence-electron chi connectivity index (χ0n) is 9.71. The summed E-state index contributed by atoms with van der Waals surface area (Å²) in [5.74, 6) is -0.547. The van der Waals surface area contributed by atoms with E-state index >= 15 is 0 Å². The summed E-state index contributed by atoms with van der Waals surface area (Å²) in [6, 6.07) is 17.0. The lowest BCUT2D eigenvalue weighted by Gasteiger charge is -2.03. The maximum atomic E-state index is 11.5. The van der Waals surface area contributed by atoms with Crippen LogP contribution >= 0.6 is 0 Å². The fourth-order valence-corrected chi connectivity index (χ4v) is 1.56. The van der Waals surface area contributed by atoms with Gasteiger partial charge < -0.3 is 0 Å². The molecule has 0 radical (unpaired) electrons. The third-order valence-electron chi connectivity index (χ3n) is 2.42. The number of carbonyl (C=O) groups is 1. The Morgan fingerprint density at radius 1 is 0.944 bits per heavy atom. The van der Waals surface area contributed by atoms with Crippen molar-refractivity contribution in [1.82, 2.24) is 0 Å². The summed E-state index contributed by atoms with van der Waals surface area (Å²) >= 11 is 0. The van der Waals surface area contributed by atoms with E-state index in [0.29, 0.717) is 5.56 Å².